The second kappa shape index (κ2) is 10.3. The standard InChI is InChI=1S/C22H18Cl2F2N2O2S2/c23-16-6-5-13(7-18(16)25)15-4-2-1-3-14(15)10-30-20-9-19(26)21(8-17(20)24)32(29)28-22-11-31-12-27-22/h4-9,11-12,14,28H,1-3,10H2. The van der Waals surface area contributed by atoms with E-state index in [1.165, 1.54) is 29.5 Å². The van der Waals surface area contributed by atoms with E-state index >= 15 is 0 Å². The Bertz CT molecular complexity index is 1170. The van der Waals surface area contributed by atoms with Crippen LogP contribution in [-0.4, -0.2) is 15.8 Å². The van der Waals surface area contributed by atoms with Crippen molar-refractivity contribution in [3.8, 4) is 5.75 Å². The number of aromatic nitrogens is 1. The molecule has 2 unspecified atom stereocenters. The van der Waals surface area contributed by atoms with Crippen LogP contribution in [0.4, 0.5) is 14.6 Å². The van der Waals surface area contributed by atoms with Gasteiger partial charge in [0.15, 0.2) is 11.0 Å². The van der Waals surface area contributed by atoms with Gasteiger partial charge in [0, 0.05) is 17.4 Å². The van der Waals surface area contributed by atoms with Crippen LogP contribution in [0.5, 0.6) is 5.75 Å². The number of thiazole rings is 1. The highest BCUT2D eigenvalue weighted by Gasteiger charge is 2.22. The summed E-state index contributed by atoms with van der Waals surface area (Å²) < 4.78 is 49.5. The first kappa shape index (κ1) is 23.2. The average molecular weight is 515 g/mol. The van der Waals surface area contributed by atoms with E-state index in [0.29, 0.717) is 5.82 Å². The molecule has 1 aromatic heterocycles. The van der Waals surface area contributed by atoms with Crippen molar-refractivity contribution >= 4 is 56.9 Å². The number of hydrogen-bond acceptors (Lipinski definition) is 4. The van der Waals surface area contributed by atoms with Crippen LogP contribution in [0.1, 0.15) is 24.8 Å². The lowest BCUT2D eigenvalue weighted by Crippen LogP contribution is -2.17. The van der Waals surface area contributed by atoms with E-state index in [0.717, 1.165) is 36.5 Å². The molecular weight excluding hydrogens is 497 g/mol. The Kier molecular flexibility index (Phi) is 7.45. The van der Waals surface area contributed by atoms with Crippen LogP contribution in [0.2, 0.25) is 10.0 Å². The Balaban J connectivity index is 1.48. The predicted molar refractivity (Wildman–Crippen MR) is 126 cm³/mol. The molecule has 3 aromatic rings. The minimum absolute atomic E-state index is 0.0106. The molecule has 0 saturated heterocycles. The minimum atomic E-state index is -1.86. The number of benzene rings is 2. The highest BCUT2D eigenvalue weighted by Crippen LogP contribution is 2.36. The van der Waals surface area contributed by atoms with Gasteiger partial charge < -0.3 is 4.74 Å². The molecular formula is C22H18Cl2F2N2O2S2. The van der Waals surface area contributed by atoms with Crippen LogP contribution in [-0.2, 0) is 11.0 Å². The molecule has 1 aliphatic rings. The molecule has 2 atom stereocenters. The maximum Gasteiger partial charge on any atom is 0.154 e. The molecule has 10 heteroatoms. The number of rotatable bonds is 7. The van der Waals surface area contributed by atoms with Gasteiger partial charge >= 0.3 is 0 Å². The highest BCUT2D eigenvalue weighted by atomic mass is 35.5. The topological polar surface area (TPSA) is 51.2 Å². The fourth-order valence-corrected chi connectivity index (χ4v) is 5.34. The summed E-state index contributed by atoms with van der Waals surface area (Å²) >= 11 is 13.4. The van der Waals surface area contributed by atoms with Crippen LogP contribution in [0.25, 0.3) is 5.57 Å². The van der Waals surface area contributed by atoms with Gasteiger partial charge in [0.1, 0.15) is 23.2 Å². The van der Waals surface area contributed by atoms with Crippen LogP contribution >= 0.6 is 34.5 Å². The molecule has 0 spiro atoms. The molecule has 0 aliphatic heterocycles. The van der Waals surface area contributed by atoms with Gasteiger partial charge in [-0.15, -0.1) is 11.3 Å². The largest absolute Gasteiger partial charge is 0.491 e. The highest BCUT2D eigenvalue weighted by molar-refractivity contribution is 7.86. The van der Waals surface area contributed by atoms with Crippen molar-refractivity contribution in [3.63, 3.8) is 0 Å². The molecule has 4 nitrogen and oxygen atoms in total. The lowest BCUT2D eigenvalue weighted by molar-refractivity contribution is 0.267. The van der Waals surface area contributed by atoms with E-state index in [2.05, 4.69) is 15.8 Å². The van der Waals surface area contributed by atoms with Gasteiger partial charge in [0.05, 0.1) is 27.1 Å². The lowest BCUT2D eigenvalue weighted by atomic mass is 9.84. The summed E-state index contributed by atoms with van der Waals surface area (Å²) in [7, 11) is -1.86. The number of anilines is 1. The van der Waals surface area contributed by atoms with E-state index in [1.54, 1.807) is 17.0 Å². The zero-order valence-corrected chi connectivity index (χ0v) is 19.8. The van der Waals surface area contributed by atoms with Gasteiger partial charge in [-0.3, -0.25) is 4.72 Å². The van der Waals surface area contributed by atoms with Crippen molar-refractivity contribution < 1.29 is 17.7 Å². The van der Waals surface area contributed by atoms with Gasteiger partial charge in [-0.25, -0.2) is 18.0 Å². The van der Waals surface area contributed by atoms with Crippen LogP contribution in [0.3, 0.4) is 0 Å². The molecule has 0 amide bonds. The molecule has 1 aliphatic carbocycles. The van der Waals surface area contributed by atoms with Gasteiger partial charge in [-0.1, -0.05) is 35.3 Å². The first-order chi connectivity index (χ1) is 15.4. The Labute approximate surface area is 200 Å². The summed E-state index contributed by atoms with van der Waals surface area (Å²) in [6.45, 7) is 0.245. The third kappa shape index (κ3) is 5.31. The van der Waals surface area contributed by atoms with E-state index in [-0.39, 0.29) is 33.2 Å². The van der Waals surface area contributed by atoms with Crippen molar-refractivity contribution in [1.29, 1.82) is 0 Å². The number of ether oxygens (including phenoxy) is 1. The second-order valence-electron chi connectivity index (χ2n) is 7.18. The van der Waals surface area contributed by atoms with Crippen LogP contribution in [0.15, 0.2) is 52.2 Å². The summed E-state index contributed by atoms with van der Waals surface area (Å²) in [5, 5.41) is 1.88. The van der Waals surface area contributed by atoms with Gasteiger partial charge in [0.2, 0.25) is 0 Å². The molecule has 168 valence electrons. The van der Waals surface area contributed by atoms with E-state index in [9.17, 15) is 13.0 Å². The van der Waals surface area contributed by atoms with Gasteiger partial charge in [0.25, 0.3) is 0 Å². The first-order valence-corrected chi connectivity index (χ1v) is 12.6. The smallest absolute Gasteiger partial charge is 0.154 e. The quantitative estimate of drug-likeness (QED) is 0.364. The van der Waals surface area contributed by atoms with Crippen molar-refractivity contribution in [2.75, 3.05) is 11.3 Å². The summed E-state index contributed by atoms with van der Waals surface area (Å²) in [5.41, 5.74) is 3.29. The summed E-state index contributed by atoms with van der Waals surface area (Å²) in [6.07, 6.45) is 4.77. The number of hydrogen-bond donors (Lipinski definition) is 1. The molecule has 4 rings (SSSR count). The average Bonchev–Trinajstić information content (AvgIpc) is 3.29. The fraction of sp³-hybridized carbons (Fsp3) is 0.227. The maximum absolute atomic E-state index is 14.6. The zero-order chi connectivity index (χ0) is 22.7. The molecule has 0 bridgehead atoms. The van der Waals surface area contributed by atoms with Crippen molar-refractivity contribution in [1.82, 2.24) is 4.98 Å². The summed E-state index contributed by atoms with van der Waals surface area (Å²) in [6, 6.07) is 7.14. The molecule has 0 fully saturated rings. The zero-order valence-electron chi connectivity index (χ0n) is 16.6. The lowest BCUT2D eigenvalue weighted by Gasteiger charge is -2.25. The SMILES string of the molecule is O=S(Nc1cscn1)c1cc(Cl)c(OCC2CCCC=C2c2ccc(Cl)c(F)c2)cc1F. The Hall–Kier alpha value is -2.00. The molecule has 1 N–H and O–H groups in total. The minimum Gasteiger partial charge on any atom is -0.491 e. The molecule has 1 heterocycles. The Morgan fingerprint density at radius 3 is 2.78 bits per heavy atom. The number of nitrogens with zero attached hydrogens (tertiary/aromatic N) is 1. The number of halogens is 4. The van der Waals surface area contributed by atoms with Crippen molar-refractivity contribution in [2.45, 2.75) is 24.2 Å². The van der Waals surface area contributed by atoms with E-state index in [1.807, 2.05) is 0 Å². The Morgan fingerprint density at radius 2 is 2.03 bits per heavy atom. The fourth-order valence-electron chi connectivity index (χ4n) is 3.51. The molecule has 0 radical (unpaired) electrons. The molecule has 32 heavy (non-hydrogen) atoms. The third-order valence-electron chi connectivity index (χ3n) is 5.07. The third-order valence-corrected chi connectivity index (χ3v) is 7.36. The maximum atomic E-state index is 14.6. The summed E-state index contributed by atoms with van der Waals surface area (Å²) in [5.74, 6) is -0.645. The van der Waals surface area contributed by atoms with E-state index in [4.69, 9.17) is 27.9 Å². The molecule has 2 aromatic carbocycles. The molecule has 0 saturated carbocycles. The normalized spacial score (nSPS) is 17.0. The van der Waals surface area contributed by atoms with E-state index < -0.39 is 22.6 Å². The van der Waals surface area contributed by atoms with Crippen LogP contribution < -0.4 is 9.46 Å². The van der Waals surface area contributed by atoms with Crippen molar-refractivity contribution in [3.05, 3.63) is 74.5 Å². The summed E-state index contributed by atoms with van der Waals surface area (Å²) in [4.78, 5) is 3.88. The monoisotopic (exact) mass is 514 g/mol. The number of allylic oxidation sites excluding steroid dienone is 1. The Morgan fingerprint density at radius 1 is 1.19 bits per heavy atom. The van der Waals surface area contributed by atoms with Gasteiger partial charge in [-0.05, 0) is 48.6 Å². The first-order valence-electron chi connectivity index (χ1n) is 9.76. The predicted octanol–water partition coefficient (Wildman–Crippen LogP) is 7.13. The second-order valence-corrected chi connectivity index (χ2v) is 9.90. The number of nitrogens with one attached hydrogen (secondary N) is 1. The van der Waals surface area contributed by atoms with Gasteiger partial charge in [-0.2, -0.15) is 0 Å². The van der Waals surface area contributed by atoms with Crippen LogP contribution in [0, 0.1) is 17.6 Å². The van der Waals surface area contributed by atoms with Crippen molar-refractivity contribution in [2.24, 2.45) is 5.92 Å².